The molecule has 180 valence electrons. The third-order valence-electron chi connectivity index (χ3n) is 5.03. The van der Waals surface area contributed by atoms with Crippen LogP contribution in [-0.2, 0) is 25.5 Å². The number of ether oxygens (including phenoxy) is 3. The van der Waals surface area contributed by atoms with Gasteiger partial charge in [-0.1, -0.05) is 18.2 Å². The highest BCUT2D eigenvalue weighted by molar-refractivity contribution is 7.18. The molecule has 0 radical (unpaired) electrons. The number of amides is 2. The van der Waals surface area contributed by atoms with Crippen molar-refractivity contribution in [2.75, 3.05) is 32.2 Å². The van der Waals surface area contributed by atoms with E-state index in [0.717, 1.165) is 22.2 Å². The van der Waals surface area contributed by atoms with Crippen LogP contribution in [0.5, 0.6) is 0 Å². The number of rotatable bonds is 10. The van der Waals surface area contributed by atoms with Crippen LogP contribution in [0.1, 0.15) is 42.9 Å². The molecule has 0 saturated carbocycles. The van der Waals surface area contributed by atoms with Crippen LogP contribution in [-0.4, -0.2) is 55.3 Å². The Hall–Kier alpha value is -3.70. The van der Waals surface area contributed by atoms with E-state index in [1.165, 1.54) is 14.0 Å². The molecule has 3 N–H and O–H groups in total. The first-order valence-corrected chi connectivity index (χ1v) is 11.2. The number of methoxy groups -OCH3 is 1. The van der Waals surface area contributed by atoms with Crippen molar-refractivity contribution in [1.82, 2.24) is 4.57 Å². The second-order valence-electron chi connectivity index (χ2n) is 7.22. The average molecular weight is 488 g/mol. The lowest BCUT2D eigenvalue weighted by Crippen LogP contribution is -2.22. The molecular formula is C23H25N3O7S. The van der Waals surface area contributed by atoms with Crippen LogP contribution in [0.4, 0.5) is 5.00 Å². The number of benzene rings is 1. The highest BCUT2D eigenvalue weighted by Crippen LogP contribution is 2.33. The third kappa shape index (κ3) is 5.26. The Labute approximate surface area is 199 Å². The van der Waals surface area contributed by atoms with E-state index in [0.29, 0.717) is 17.7 Å². The van der Waals surface area contributed by atoms with Gasteiger partial charge in [0.15, 0.2) is 6.61 Å². The Morgan fingerprint density at radius 1 is 1.09 bits per heavy atom. The lowest BCUT2D eigenvalue weighted by atomic mass is 10.1. The zero-order valence-corrected chi connectivity index (χ0v) is 19.8. The summed E-state index contributed by atoms with van der Waals surface area (Å²) in [5, 5.41) is 3.31. The summed E-state index contributed by atoms with van der Waals surface area (Å²) in [6.45, 7) is 3.73. The van der Waals surface area contributed by atoms with E-state index in [1.54, 1.807) is 12.3 Å². The number of nitrogens with one attached hydrogen (secondary N) is 1. The van der Waals surface area contributed by atoms with Crippen LogP contribution in [0.15, 0.2) is 30.5 Å². The smallest absolute Gasteiger partial charge is 0.341 e. The van der Waals surface area contributed by atoms with Crippen molar-refractivity contribution < 1.29 is 33.4 Å². The molecule has 3 rings (SSSR count). The number of primary amides is 1. The van der Waals surface area contributed by atoms with E-state index < -0.39 is 30.4 Å². The SMILES string of the molecule is CCn1cc(C(=O)OCC(=O)Nc2sc(C(N)=O)c(C)c2C(=O)OCCOC)c2ccccc21. The van der Waals surface area contributed by atoms with Crippen LogP contribution >= 0.6 is 11.3 Å². The number of thiophene rings is 1. The van der Waals surface area contributed by atoms with Gasteiger partial charge in [0.05, 0.1) is 22.6 Å². The van der Waals surface area contributed by atoms with Gasteiger partial charge in [0.1, 0.15) is 11.6 Å². The molecule has 0 aliphatic rings. The maximum Gasteiger partial charge on any atom is 0.341 e. The number of carbonyl (C=O) groups excluding carboxylic acids is 4. The van der Waals surface area contributed by atoms with Gasteiger partial charge in [0, 0.05) is 30.8 Å². The molecule has 0 aliphatic carbocycles. The number of nitrogens with two attached hydrogens (primary N) is 1. The lowest BCUT2D eigenvalue weighted by molar-refractivity contribution is -0.119. The predicted molar refractivity (Wildman–Crippen MR) is 126 cm³/mol. The van der Waals surface area contributed by atoms with Gasteiger partial charge >= 0.3 is 11.9 Å². The van der Waals surface area contributed by atoms with Gasteiger partial charge in [-0.15, -0.1) is 11.3 Å². The molecule has 11 heteroatoms. The van der Waals surface area contributed by atoms with Gasteiger partial charge in [-0.25, -0.2) is 9.59 Å². The number of fused-ring (bicyclic) bond motifs is 1. The number of hydrogen-bond donors (Lipinski definition) is 2. The normalized spacial score (nSPS) is 10.8. The molecule has 3 aromatic rings. The van der Waals surface area contributed by atoms with Crippen LogP contribution in [0.25, 0.3) is 10.9 Å². The summed E-state index contributed by atoms with van der Waals surface area (Å²) in [5.41, 5.74) is 6.92. The van der Waals surface area contributed by atoms with Crippen LogP contribution in [0.3, 0.4) is 0 Å². The summed E-state index contributed by atoms with van der Waals surface area (Å²) in [4.78, 5) is 49.5. The quantitative estimate of drug-likeness (QED) is 0.331. The van der Waals surface area contributed by atoms with E-state index in [4.69, 9.17) is 19.9 Å². The Morgan fingerprint density at radius 3 is 2.50 bits per heavy atom. The van der Waals surface area contributed by atoms with E-state index in [2.05, 4.69) is 5.32 Å². The number of nitrogens with zero attached hydrogens (tertiary/aromatic N) is 1. The van der Waals surface area contributed by atoms with Gasteiger partial charge in [-0.3, -0.25) is 9.59 Å². The molecule has 10 nitrogen and oxygen atoms in total. The van der Waals surface area contributed by atoms with Gasteiger partial charge in [0.25, 0.3) is 11.8 Å². The fourth-order valence-corrected chi connectivity index (χ4v) is 4.48. The maximum atomic E-state index is 12.7. The second-order valence-corrected chi connectivity index (χ2v) is 8.24. The van der Waals surface area contributed by atoms with Crippen molar-refractivity contribution >= 4 is 51.0 Å². The third-order valence-corrected chi connectivity index (χ3v) is 6.25. The zero-order valence-electron chi connectivity index (χ0n) is 19.0. The van der Waals surface area contributed by atoms with Crippen molar-refractivity contribution in [3.05, 3.63) is 52.0 Å². The number of esters is 2. The van der Waals surface area contributed by atoms with Gasteiger partial charge in [-0.2, -0.15) is 0 Å². The van der Waals surface area contributed by atoms with E-state index in [1.807, 2.05) is 29.7 Å². The number of para-hydroxylation sites is 1. The molecule has 2 amide bonds. The minimum absolute atomic E-state index is 0.00706. The Morgan fingerprint density at radius 2 is 1.82 bits per heavy atom. The standard InChI is InChI=1S/C23H25N3O7S/c1-4-26-11-15(14-7-5-6-8-16(14)26)22(29)33-12-17(27)25-21-18(23(30)32-10-9-31-3)13(2)19(34-21)20(24)28/h5-8,11H,4,9-10,12H2,1-3H3,(H2,24,28)(H,25,27). The summed E-state index contributed by atoms with van der Waals surface area (Å²) in [5.74, 6) is -2.82. The molecule has 0 atom stereocenters. The van der Waals surface area contributed by atoms with Crippen LogP contribution < -0.4 is 11.1 Å². The molecular weight excluding hydrogens is 462 g/mol. The fourth-order valence-electron chi connectivity index (χ4n) is 3.41. The molecule has 0 spiro atoms. The molecule has 2 aromatic heterocycles. The lowest BCUT2D eigenvalue weighted by Gasteiger charge is -2.08. The van der Waals surface area contributed by atoms with Crippen molar-refractivity contribution in [2.45, 2.75) is 20.4 Å². The Bertz CT molecular complexity index is 1240. The first-order valence-electron chi connectivity index (χ1n) is 10.4. The summed E-state index contributed by atoms with van der Waals surface area (Å²) in [6, 6.07) is 7.39. The molecule has 0 saturated heterocycles. The first kappa shape index (κ1) is 24.9. The average Bonchev–Trinajstić information content (AvgIpc) is 3.35. The summed E-state index contributed by atoms with van der Waals surface area (Å²) < 4.78 is 17.1. The largest absolute Gasteiger partial charge is 0.460 e. The van der Waals surface area contributed by atoms with Crippen molar-refractivity contribution in [3.8, 4) is 0 Å². The van der Waals surface area contributed by atoms with Gasteiger partial charge in [-0.05, 0) is 25.5 Å². The minimum Gasteiger partial charge on any atom is -0.460 e. The summed E-state index contributed by atoms with van der Waals surface area (Å²) in [7, 11) is 1.46. The van der Waals surface area contributed by atoms with Crippen molar-refractivity contribution in [2.24, 2.45) is 5.73 Å². The molecule has 0 fully saturated rings. The monoisotopic (exact) mass is 487 g/mol. The fraction of sp³-hybridized carbons (Fsp3) is 0.304. The number of aryl methyl sites for hydroxylation is 1. The highest BCUT2D eigenvalue weighted by Gasteiger charge is 2.26. The predicted octanol–water partition coefficient (Wildman–Crippen LogP) is 2.73. The summed E-state index contributed by atoms with van der Waals surface area (Å²) in [6.07, 6.45) is 1.68. The molecule has 0 bridgehead atoms. The highest BCUT2D eigenvalue weighted by atomic mass is 32.1. The van der Waals surface area contributed by atoms with Crippen LogP contribution in [0.2, 0.25) is 0 Å². The number of aromatic nitrogens is 1. The maximum absolute atomic E-state index is 12.7. The molecule has 0 aliphatic heterocycles. The molecule has 34 heavy (non-hydrogen) atoms. The topological polar surface area (TPSA) is 139 Å². The number of hydrogen-bond acceptors (Lipinski definition) is 8. The molecule has 1 aromatic carbocycles. The number of anilines is 1. The van der Waals surface area contributed by atoms with Gasteiger partial charge in [0.2, 0.25) is 0 Å². The van der Waals surface area contributed by atoms with E-state index >= 15 is 0 Å². The van der Waals surface area contributed by atoms with Crippen molar-refractivity contribution in [3.63, 3.8) is 0 Å². The van der Waals surface area contributed by atoms with E-state index in [-0.39, 0.29) is 28.7 Å². The Kier molecular flexibility index (Phi) is 8.03. The van der Waals surface area contributed by atoms with Crippen LogP contribution in [0, 0.1) is 6.92 Å². The van der Waals surface area contributed by atoms with Gasteiger partial charge < -0.3 is 29.8 Å². The first-order chi connectivity index (χ1) is 16.3. The van der Waals surface area contributed by atoms with E-state index in [9.17, 15) is 19.2 Å². The molecule has 0 unspecified atom stereocenters. The zero-order chi connectivity index (χ0) is 24.8. The number of carbonyl (C=O) groups is 4. The van der Waals surface area contributed by atoms with Crippen molar-refractivity contribution in [1.29, 1.82) is 0 Å². The molecule has 2 heterocycles. The summed E-state index contributed by atoms with van der Waals surface area (Å²) >= 11 is 0.847. The minimum atomic E-state index is -0.743. The Balaban J connectivity index is 1.73. The second kappa shape index (κ2) is 10.9.